The Kier molecular flexibility index (Phi) is 6.48. The molecule has 2 fully saturated rings. The molecule has 0 aliphatic carbocycles. The fraction of sp³-hybridized carbons (Fsp3) is 0.391. The summed E-state index contributed by atoms with van der Waals surface area (Å²) in [5.41, 5.74) is 1.44. The van der Waals surface area contributed by atoms with E-state index in [1.54, 1.807) is 35.2 Å². The summed E-state index contributed by atoms with van der Waals surface area (Å²) in [5.74, 6) is 0.0593. The number of carbonyl (C=O) groups excluding carboxylic acids is 2. The molecule has 8 nitrogen and oxygen atoms in total. The lowest BCUT2D eigenvalue weighted by Crippen LogP contribution is -2.35. The van der Waals surface area contributed by atoms with Crippen molar-refractivity contribution in [2.24, 2.45) is 0 Å². The van der Waals surface area contributed by atoms with Crippen molar-refractivity contribution in [1.29, 1.82) is 0 Å². The van der Waals surface area contributed by atoms with Crippen LogP contribution >= 0.6 is 0 Å². The van der Waals surface area contributed by atoms with E-state index < -0.39 is 15.9 Å². The molecule has 170 valence electrons. The quantitative estimate of drug-likeness (QED) is 0.718. The molecule has 1 N–H and O–H groups in total. The normalized spacial score (nSPS) is 17.4. The number of piperidine rings is 1. The van der Waals surface area contributed by atoms with Crippen LogP contribution in [0.25, 0.3) is 0 Å². The average molecular weight is 458 g/mol. The maximum Gasteiger partial charge on any atom is 0.255 e. The van der Waals surface area contributed by atoms with Gasteiger partial charge >= 0.3 is 0 Å². The number of nitrogens with one attached hydrogen (secondary N) is 1. The molecule has 2 aliphatic heterocycles. The molecule has 2 saturated heterocycles. The molecule has 32 heavy (non-hydrogen) atoms. The highest BCUT2D eigenvalue weighted by Crippen LogP contribution is 2.30. The summed E-state index contributed by atoms with van der Waals surface area (Å²) in [4.78, 5) is 26.6. The van der Waals surface area contributed by atoms with E-state index in [9.17, 15) is 18.0 Å². The van der Waals surface area contributed by atoms with Crippen LogP contribution in [0.15, 0.2) is 47.4 Å². The number of ether oxygens (including phenoxy) is 1. The van der Waals surface area contributed by atoms with Crippen LogP contribution in [0.3, 0.4) is 0 Å². The van der Waals surface area contributed by atoms with Crippen molar-refractivity contribution >= 4 is 33.2 Å². The van der Waals surface area contributed by atoms with Gasteiger partial charge in [-0.05, 0) is 61.7 Å². The molecular weight excluding hydrogens is 430 g/mol. The first-order valence-corrected chi connectivity index (χ1v) is 12.2. The molecule has 2 aromatic rings. The van der Waals surface area contributed by atoms with Gasteiger partial charge in [0, 0.05) is 37.3 Å². The lowest BCUT2D eigenvalue weighted by atomic mass is 10.1. The molecule has 9 heteroatoms. The fourth-order valence-electron chi connectivity index (χ4n) is 4.11. The third kappa shape index (κ3) is 4.49. The number of hydrogen-bond acceptors (Lipinski definition) is 5. The summed E-state index contributed by atoms with van der Waals surface area (Å²) in [6.07, 6.45) is 4.09. The zero-order chi connectivity index (χ0) is 22.7. The van der Waals surface area contributed by atoms with Crippen LogP contribution in [0, 0.1) is 0 Å². The van der Waals surface area contributed by atoms with Crippen molar-refractivity contribution in [2.75, 3.05) is 37.0 Å². The SMILES string of the molecule is COc1ccc(S(=O)(=O)N2CCCCC2)cc1NC(=O)c1ccc(N2CCCC2=O)cc1. The Labute approximate surface area is 188 Å². The van der Waals surface area contributed by atoms with Gasteiger partial charge in [0.25, 0.3) is 5.91 Å². The molecule has 0 unspecified atom stereocenters. The maximum absolute atomic E-state index is 13.0. The second-order valence-corrected chi connectivity index (χ2v) is 9.91. The number of nitrogens with zero attached hydrogens (tertiary/aromatic N) is 2. The summed E-state index contributed by atoms with van der Waals surface area (Å²) in [6.45, 7) is 1.68. The molecule has 0 atom stereocenters. The van der Waals surface area contributed by atoms with Gasteiger partial charge in [-0.25, -0.2) is 8.42 Å². The minimum Gasteiger partial charge on any atom is -0.495 e. The molecule has 0 bridgehead atoms. The van der Waals surface area contributed by atoms with Gasteiger partial charge in [0.05, 0.1) is 17.7 Å². The molecule has 0 spiro atoms. The van der Waals surface area contributed by atoms with Gasteiger partial charge in [-0.2, -0.15) is 4.31 Å². The van der Waals surface area contributed by atoms with Crippen LogP contribution in [-0.4, -0.2) is 51.3 Å². The molecule has 0 aromatic heterocycles. The van der Waals surface area contributed by atoms with E-state index in [1.807, 2.05) is 0 Å². The number of carbonyl (C=O) groups is 2. The minimum absolute atomic E-state index is 0.0821. The van der Waals surface area contributed by atoms with Gasteiger partial charge in [-0.3, -0.25) is 9.59 Å². The molecule has 2 aliphatic rings. The monoisotopic (exact) mass is 457 g/mol. The van der Waals surface area contributed by atoms with Gasteiger partial charge in [0.15, 0.2) is 0 Å². The number of methoxy groups -OCH3 is 1. The highest BCUT2D eigenvalue weighted by Gasteiger charge is 2.27. The molecule has 2 heterocycles. The van der Waals surface area contributed by atoms with Gasteiger partial charge < -0.3 is 15.0 Å². The zero-order valence-corrected chi connectivity index (χ0v) is 18.9. The number of benzene rings is 2. The minimum atomic E-state index is -3.64. The first-order valence-electron chi connectivity index (χ1n) is 10.8. The van der Waals surface area contributed by atoms with Crippen molar-refractivity contribution in [3.63, 3.8) is 0 Å². The van der Waals surface area contributed by atoms with Crippen LogP contribution in [0.5, 0.6) is 5.75 Å². The Bertz CT molecular complexity index is 1110. The van der Waals surface area contributed by atoms with Crippen LogP contribution in [0.4, 0.5) is 11.4 Å². The van der Waals surface area contributed by atoms with Gasteiger partial charge in [0.1, 0.15) is 5.75 Å². The molecule has 0 saturated carbocycles. The predicted molar refractivity (Wildman–Crippen MR) is 122 cm³/mol. The Morgan fingerprint density at radius 2 is 1.69 bits per heavy atom. The summed E-state index contributed by atoms with van der Waals surface area (Å²) in [5, 5.41) is 2.76. The Hall–Kier alpha value is -2.91. The van der Waals surface area contributed by atoms with Gasteiger partial charge in [-0.15, -0.1) is 0 Å². The number of anilines is 2. The van der Waals surface area contributed by atoms with Crippen molar-refractivity contribution in [1.82, 2.24) is 4.31 Å². The predicted octanol–water partition coefficient (Wildman–Crippen LogP) is 3.25. The molecular formula is C23H27N3O5S. The van der Waals surface area contributed by atoms with E-state index >= 15 is 0 Å². The summed E-state index contributed by atoms with van der Waals surface area (Å²) < 4.78 is 32.9. The largest absolute Gasteiger partial charge is 0.495 e. The lowest BCUT2D eigenvalue weighted by Gasteiger charge is -2.26. The first kappa shape index (κ1) is 22.3. The topological polar surface area (TPSA) is 96.0 Å². The van der Waals surface area contributed by atoms with Crippen molar-refractivity contribution < 1.29 is 22.7 Å². The van der Waals surface area contributed by atoms with Gasteiger partial charge in [-0.1, -0.05) is 6.42 Å². The molecule has 0 radical (unpaired) electrons. The average Bonchev–Trinajstić information content (AvgIpc) is 3.25. The van der Waals surface area contributed by atoms with Crippen LogP contribution < -0.4 is 15.0 Å². The fourth-order valence-corrected chi connectivity index (χ4v) is 5.65. The third-order valence-electron chi connectivity index (χ3n) is 5.89. The third-order valence-corrected chi connectivity index (χ3v) is 7.78. The number of hydrogen-bond donors (Lipinski definition) is 1. The maximum atomic E-state index is 13.0. The van der Waals surface area contributed by atoms with E-state index in [0.29, 0.717) is 37.4 Å². The summed E-state index contributed by atoms with van der Waals surface area (Å²) >= 11 is 0. The van der Waals surface area contributed by atoms with Crippen LogP contribution in [-0.2, 0) is 14.8 Å². The van der Waals surface area contributed by atoms with Crippen molar-refractivity contribution in [3.05, 3.63) is 48.0 Å². The highest BCUT2D eigenvalue weighted by atomic mass is 32.2. The molecule has 2 aromatic carbocycles. The van der Waals surface area contributed by atoms with Crippen molar-refractivity contribution in [2.45, 2.75) is 37.0 Å². The Balaban J connectivity index is 1.54. The summed E-state index contributed by atoms with van der Waals surface area (Å²) in [7, 11) is -2.18. The molecule has 4 rings (SSSR count). The van der Waals surface area contributed by atoms with E-state index in [1.165, 1.54) is 23.5 Å². The smallest absolute Gasteiger partial charge is 0.255 e. The van der Waals surface area contributed by atoms with E-state index in [4.69, 9.17) is 4.74 Å². The lowest BCUT2D eigenvalue weighted by molar-refractivity contribution is -0.117. The van der Waals surface area contributed by atoms with E-state index in [-0.39, 0.29) is 16.5 Å². The van der Waals surface area contributed by atoms with Crippen LogP contribution in [0.1, 0.15) is 42.5 Å². The Morgan fingerprint density at radius 1 is 0.969 bits per heavy atom. The first-order chi connectivity index (χ1) is 15.4. The van der Waals surface area contributed by atoms with Crippen molar-refractivity contribution in [3.8, 4) is 5.75 Å². The summed E-state index contributed by atoms with van der Waals surface area (Å²) in [6, 6.07) is 11.3. The van der Waals surface area contributed by atoms with E-state index in [2.05, 4.69) is 5.32 Å². The van der Waals surface area contributed by atoms with Gasteiger partial charge in [0.2, 0.25) is 15.9 Å². The number of amides is 2. The molecule has 2 amide bonds. The highest BCUT2D eigenvalue weighted by molar-refractivity contribution is 7.89. The standard InChI is InChI=1S/C23H27N3O5S/c1-31-21-12-11-19(32(29,30)25-13-3-2-4-14-25)16-20(21)24-23(28)17-7-9-18(10-8-17)26-15-5-6-22(26)27/h7-12,16H,2-6,13-15H2,1H3,(H,24,28). The number of rotatable bonds is 6. The van der Waals surface area contributed by atoms with Crippen LogP contribution in [0.2, 0.25) is 0 Å². The number of sulfonamides is 1. The second-order valence-electron chi connectivity index (χ2n) is 7.98. The van der Waals surface area contributed by atoms with E-state index in [0.717, 1.165) is 31.4 Å². The zero-order valence-electron chi connectivity index (χ0n) is 18.0. The Morgan fingerprint density at radius 3 is 2.31 bits per heavy atom. The second kappa shape index (κ2) is 9.30.